The van der Waals surface area contributed by atoms with Gasteiger partial charge in [0.25, 0.3) is 0 Å². The second-order valence-electron chi connectivity index (χ2n) is 6.44. The average molecular weight is 360 g/mol. The molecule has 1 saturated heterocycles. The van der Waals surface area contributed by atoms with E-state index in [9.17, 15) is 4.79 Å². The summed E-state index contributed by atoms with van der Waals surface area (Å²) in [5.41, 5.74) is 3.49. The Bertz CT molecular complexity index is 902. The van der Waals surface area contributed by atoms with E-state index in [1.807, 2.05) is 53.4 Å². The van der Waals surface area contributed by atoms with Gasteiger partial charge in [-0.2, -0.15) is 0 Å². The van der Waals surface area contributed by atoms with Crippen molar-refractivity contribution in [2.75, 3.05) is 19.7 Å². The summed E-state index contributed by atoms with van der Waals surface area (Å²) in [6.07, 6.45) is 5.13. The number of ether oxygens (including phenoxy) is 1. The maximum absolute atomic E-state index is 12.7. The first-order chi connectivity index (χ1) is 13.3. The molecule has 27 heavy (non-hydrogen) atoms. The van der Waals surface area contributed by atoms with Gasteiger partial charge in [-0.1, -0.05) is 36.4 Å². The van der Waals surface area contributed by atoms with Crippen molar-refractivity contribution in [1.82, 2.24) is 19.9 Å². The summed E-state index contributed by atoms with van der Waals surface area (Å²) in [7, 11) is 0. The molecule has 1 aliphatic heterocycles. The zero-order valence-electron chi connectivity index (χ0n) is 14.9. The second kappa shape index (κ2) is 8.05. The quantitative estimate of drug-likeness (QED) is 0.716. The van der Waals surface area contributed by atoms with Crippen molar-refractivity contribution < 1.29 is 9.53 Å². The van der Waals surface area contributed by atoms with Crippen molar-refractivity contribution in [3.05, 3.63) is 78.5 Å². The van der Waals surface area contributed by atoms with Crippen LogP contribution in [0.3, 0.4) is 0 Å². The molecule has 0 spiro atoms. The number of hydrogen-bond donors (Lipinski definition) is 0. The number of amides is 1. The number of carbonyl (C=O) groups is 1. The van der Waals surface area contributed by atoms with Gasteiger partial charge in [-0.05, 0) is 17.7 Å². The molecule has 4 rings (SSSR count). The van der Waals surface area contributed by atoms with Crippen molar-refractivity contribution >= 4 is 5.91 Å². The number of rotatable bonds is 4. The van der Waals surface area contributed by atoms with Crippen LogP contribution in [-0.4, -0.2) is 45.5 Å². The van der Waals surface area contributed by atoms with E-state index < -0.39 is 0 Å². The first kappa shape index (κ1) is 17.3. The lowest BCUT2D eigenvalue weighted by atomic mass is 10.1. The Morgan fingerprint density at radius 2 is 1.89 bits per heavy atom. The Morgan fingerprint density at radius 3 is 2.70 bits per heavy atom. The van der Waals surface area contributed by atoms with Gasteiger partial charge in [-0.15, -0.1) is 0 Å². The van der Waals surface area contributed by atoms with E-state index in [-0.39, 0.29) is 12.0 Å². The molecular weight excluding hydrogens is 340 g/mol. The van der Waals surface area contributed by atoms with Crippen LogP contribution in [0.5, 0.6) is 0 Å². The number of morpholine rings is 1. The predicted octanol–water partition coefficient (Wildman–Crippen LogP) is 2.68. The topological polar surface area (TPSA) is 68.2 Å². The highest BCUT2D eigenvalue weighted by Gasteiger charge is 2.26. The van der Waals surface area contributed by atoms with Gasteiger partial charge in [0, 0.05) is 24.5 Å². The van der Waals surface area contributed by atoms with Gasteiger partial charge in [-0.25, -0.2) is 15.0 Å². The second-order valence-corrected chi connectivity index (χ2v) is 6.44. The third kappa shape index (κ3) is 4.17. The molecule has 2 aromatic heterocycles. The Labute approximate surface area is 157 Å². The highest BCUT2D eigenvalue weighted by Crippen LogP contribution is 2.24. The summed E-state index contributed by atoms with van der Waals surface area (Å²) in [6.45, 7) is 1.62. The van der Waals surface area contributed by atoms with Gasteiger partial charge in [0.05, 0.1) is 31.0 Å². The minimum absolute atomic E-state index is 0.113. The van der Waals surface area contributed by atoms with Gasteiger partial charge >= 0.3 is 0 Å². The van der Waals surface area contributed by atoms with Crippen molar-refractivity contribution in [2.45, 2.75) is 12.5 Å². The largest absolute Gasteiger partial charge is 0.368 e. The monoisotopic (exact) mass is 360 g/mol. The fourth-order valence-electron chi connectivity index (χ4n) is 3.16. The van der Waals surface area contributed by atoms with Crippen molar-refractivity contribution in [3.8, 4) is 11.3 Å². The third-order valence-corrected chi connectivity index (χ3v) is 4.57. The molecule has 1 amide bonds. The summed E-state index contributed by atoms with van der Waals surface area (Å²) in [5.74, 6) is 0.113. The van der Waals surface area contributed by atoms with Crippen LogP contribution in [0.2, 0.25) is 0 Å². The molecule has 0 radical (unpaired) electrons. The van der Waals surface area contributed by atoms with Gasteiger partial charge in [0.2, 0.25) is 5.91 Å². The zero-order chi connectivity index (χ0) is 18.5. The molecule has 1 unspecified atom stereocenters. The van der Waals surface area contributed by atoms with Crippen LogP contribution in [0, 0.1) is 0 Å². The van der Waals surface area contributed by atoms with Crippen LogP contribution in [0.1, 0.15) is 17.4 Å². The minimum atomic E-state index is -0.233. The molecular formula is C21H20N4O2. The van der Waals surface area contributed by atoms with Crippen molar-refractivity contribution in [1.29, 1.82) is 0 Å². The molecule has 0 aliphatic carbocycles. The van der Waals surface area contributed by atoms with Crippen LogP contribution in [-0.2, 0) is 16.0 Å². The molecule has 1 fully saturated rings. The third-order valence-electron chi connectivity index (χ3n) is 4.57. The molecule has 0 N–H and O–H groups in total. The number of hydrogen-bond acceptors (Lipinski definition) is 5. The highest BCUT2D eigenvalue weighted by atomic mass is 16.5. The van der Waals surface area contributed by atoms with Crippen molar-refractivity contribution in [2.24, 2.45) is 0 Å². The standard InChI is InChI=1S/C21H20N4O2/c26-21(11-16-5-2-1-3-6-16)25-9-10-27-20(14-25)19-8-4-7-18(24-19)17-12-22-15-23-13-17/h1-8,12-13,15,20H,9-11,14H2. The Balaban J connectivity index is 1.47. The molecule has 0 saturated carbocycles. The van der Waals surface area contributed by atoms with Gasteiger partial charge in [0.15, 0.2) is 0 Å². The van der Waals surface area contributed by atoms with Gasteiger partial charge < -0.3 is 9.64 Å². The summed E-state index contributed by atoms with van der Waals surface area (Å²) in [6, 6.07) is 15.6. The molecule has 6 heteroatoms. The summed E-state index contributed by atoms with van der Waals surface area (Å²) >= 11 is 0. The Kier molecular flexibility index (Phi) is 5.16. The van der Waals surface area contributed by atoms with Crippen LogP contribution in [0.4, 0.5) is 0 Å². The predicted molar refractivity (Wildman–Crippen MR) is 101 cm³/mol. The lowest BCUT2D eigenvalue weighted by Crippen LogP contribution is -2.43. The Hall–Kier alpha value is -3.12. The fraction of sp³-hybridized carbons (Fsp3) is 0.238. The summed E-state index contributed by atoms with van der Waals surface area (Å²) in [5, 5.41) is 0. The van der Waals surface area contributed by atoms with Crippen molar-refractivity contribution in [3.63, 3.8) is 0 Å². The smallest absolute Gasteiger partial charge is 0.227 e. The molecule has 0 bridgehead atoms. The van der Waals surface area contributed by atoms with Crippen LogP contribution < -0.4 is 0 Å². The lowest BCUT2D eigenvalue weighted by Gasteiger charge is -2.33. The van der Waals surface area contributed by atoms with Crippen LogP contribution in [0.25, 0.3) is 11.3 Å². The van der Waals surface area contributed by atoms with E-state index in [0.717, 1.165) is 22.5 Å². The average Bonchev–Trinajstić information content (AvgIpc) is 2.75. The SMILES string of the molecule is O=C(Cc1ccccc1)N1CCOC(c2cccc(-c3cncnc3)n2)C1. The maximum atomic E-state index is 12.7. The number of carbonyl (C=O) groups excluding carboxylic acids is 1. The highest BCUT2D eigenvalue weighted by molar-refractivity contribution is 5.78. The number of pyridine rings is 1. The van der Waals surface area contributed by atoms with E-state index in [0.29, 0.717) is 26.1 Å². The molecule has 1 aromatic carbocycles. The van der Waals surface area contributed by atoms with E-state index in [4.69, 9.17) is 9.72 Å². The molecule has 136 valence electrons. The van der Waals surface area contributed by atoms with E-state index in [1.54, 1.807) is 12.4 Å². The molecule has 1 aliphatic rings. The van der Waals surface area contributed by atoms with Gasteiger partial charge in [0.1, 0.15) is 12.4 Å². The van der Waals surface area contributed by atoms with Crippen LogP contribution in [0.15, 0.2) is 67.3 Å². The Morgan fingerprint density at radius 1 is 1.07 bits per heavy atom. The van der Waals surface area contributed by atoms with Crippen LogP contribution >= 0.6 is 0 Å². The molecule has 6 nitrogen and oxygen atoms in total. The zero-order valence-corrected chi connectivity index (χ0v) is 14.9. The first-order valence-corrected chi connectivity index (χ1v) is 8.95. The van der Waals surface area contributed by atoms with Gasteiger partial charge in [-0.3, -0.25) is 4.79 Å². The molecule has 3 heterocycles. The number of aromatic nitrogens is 3. The minimum Gasteiger partial charge on any atom is -0.368 e. The maximum Gasteiger partial charge on any atom is 0.227 e. The van der Waals surface area contributed by atoms with E-state index in [1.165, 1.54) is 6.33 Å². The van der Waals surface area contributed by atoms with E-state index >= 15 is 0 Å². The fourth-order valence-corrected chi connectivity index (χ4v) is 3.16. The lowest BCUT2D eigenvalue weighted by molar-refractivity contribution is -0.138. The molecule has 3 aromatic rings. The molecule has 1 atom stereocenters. The summed E-state index contributed by atoms with van der Waals surface area (Å²) in [4.78, 5) is 27.3. The summed E-state index contributed by atoms with van der Waals surface area (Å²) < 4.78 is 5.90. The van der Waals surface area contributed by atoms with E-state index in [2.05, 4.69) is 9.97 Å². The normalized spacial score (nSPS) is 16.9. The number of benzene rings is 1. The first-order valence-electron chi connectivity index (χ1n) is 8.95. The number of nitrogens with zero attached hydrogens (tertiary/aromatic N) is 4.